The molecule has 34 heavy (non-hydrogen) atoms. The van der Waals surface area contributed by atoms with E-state index in [1.807, 2.05) is 0 Å². The average molecular weight is 471 g/mol. The van der Waals surface area contributed by atoms with Crippen LogP contribution in [0.1, 0.15) is 93.4 Å². The molecule has 1 spiro atoms. The van der Waals surface area contributed by atoms with E-state index in [-0.39, 0.29) is 39.0 Å². The quantitative estimate of drug-likeness (QED) is 0.362. The first kappa shape index (κ1) is 23.5. The van der Waals surface area contributed by atoms with Crippen molar-refractivity contribution in [2.45, 2.75) is 111 Å². The van der Waals surface area contributed by atoms with Gasteiger partial charge < -0.3 is 14.9 Å². The van der Waals surface area contributed by atoms with E-state index >= 15 is 0 Å². The summed E-state index contributed by atoms with van der Waals surface area (Å²) in [5.41, 5.74) is -1.40. The number of fused-ring (bicyclic) bond motifs is 4. The Bertz CT molecular complexity index is 955. The van der Waals surface area contributed by atoms with Crippen molar-refractivity contribution < 1.29 is 19.7 Å². The molecule has 2 bridgehead atoms. The highest BCUT2D eigenvalue weighted by atomic mass is 16.6. The number of aliphatic hydroxyl groups excluding tert-OH is 2. The second-order valence-electron chi connectivity index (χ2n) is 14.9. The molecule has 0 radical (unpaired) electrons. The van der Waals surface area contributed by atoms with Crippen LogP contribution in [0.3, 0.4) is 0 Å². The lowest BCUT2D eigenvalue weighted by Gasteiger charge is -2.72. The molecule has 0 aromatic rings. The first-order valence-corrected chi connectivity index (χ1v) is 14.0. The molecule has 4 heteroatoms. The molecule has 12 atom stereocenters. The topological polar surface area (TPSA) is 66.8 Å². The molecule has 6 aliphatic rings. The fourth-order valence-corrected chi connectivity index (χ4v) is 11.6. The number of carbonyl (C=O) groups excluding carboxylic acids is 1. The van der Waals surface area contributed by atoms with Crippen molar-refractivity contribution in [1.29, 1.82) is 0 Å². The third-order valence-electron chi connectivity index (χ3n) is 13.7. The van der Waals surface area contributed by atoms with Crippen LogP contribution in [0, 0.1) is 56.7 Å². The van der Waals surface area contributed by atoms with E-state index in [0.29, 0.717) is 30.1 Å². The number of allylic oxidation sites excluding steroid dienone is 1. The van der Waals surface area contributed by atoms with Gasteiger partial charge in [0, 0.05) is 11.3 Å². The predicted molar refractivity (Wildman–Crippen MR) is 132 cm³/mol. The number of esters is 1. The van der Waals surface area contributed by atoms with E-state index in [1.54, 1.807) is 0 Å². The Hall–Kier alpha value is -0.870. The molecule has 2 N–H and O–H groups in total. The summed E-state index contributed by atoms with van der Waals surface area (Å²) >= 11 is 0. The van der Waals surface area contributed by atoms with E-state index in [0.717, 1.165) is 38.5 Å². The van der Waals surface area contributed by atoms with Gasteiger partial charge >= 0.3 is 5.97 Å². The number of hydrogen-bond donors (Lipinski definition) is 2. The van der Waals surface area contributed by atoms with Crippen LogP contribution in [-0.2, 0) is 9.53 Å². The van der Waals surface area contributed by atoms with Crippen LogP contribution < -0.4 is 0 Å². The van der Waals surface area contributed by atoms with Crippen LogP contribution in [0.15, 0.2) is 12.2 Å². The SMILES string of the molecule is C[C@H]1[C@H](C)CC[C@@]23CC[C@]4(C)[C@@](C=C[C@@H]5[C@@]6(C)C[C@@H](O)[C@H](O)C(C)(C)[C@@H]6CC[C@]54C)(OC2=O)[C@H]13. The highest BCUT2D eigenvalue weighted by Crippen LogP contribution is 2.79. The molecule has 4 saturated carbocycles. The summed E-state index contributed by atoms with van der Waals surface area (Å²) in [5.74, 6) is 2.03. The van der Waals surface area contributed by atoms with E-state index in [1.165, 1.54) is 0 Å². The molecule has 0 aromatic carbocycles. The molecule has 190 valence electrons. The summed E-state index contributed by atoms with van der Waals surface area (Å²) in [6.45, 7) is 16.3. The molecular weight excluding hydrogens is 424 g/mol. The third-order valence-corrected chi connectivity index (χ3v) is 13.7. The maximum absolute atomic E-state index is 13.7. The summed E-state index contributed by atoms with van der Waals surface area (Å²) in [7, 11) is 0. The van der Waals surface area contributed by atoms with Gasteiger partial charge in [-0.2, -0.15) is 0 Å². The van der Waals surface area contributed by atoms with Gasteiger partial charge in [0.2, 0.25) is 0 Å². The Kier molecular flexibility index (Phi) is 4.51. The van der Waals surface area contributed by atoms with Crippen molar-refractivity contribution in [2.75, 3.05) is 0 Å². The molecule has 1 aliphatic heterocycles. The largest absolute Gasteiger partial charge is 0.453 e. The van der Waals surface area contributed by atoms with Crippen LogP contribution in [0.4, 0.5) is 0 Å². The minimum absolute atomic E-state index is 0.0255. The highest BCUT2D eigenvalue weighted by molar-refractivity contribution is 5.82. The monoisotopic (exact) mass is 470 g/mol. The summed E-state index contributed by atoms with van der Waals surface area (Å²) < 4.78 is 6.68. The standard InChI is InChI=1S/C30H46O4/c1-17-8-12-29-15-14-28(7)27(6)11-9-20-25(3,4)23(32)19(31)16-26(20,5)21(27)10-13-30(28,34-24(29)33)22(29)18(17)2/h10,13,17-23,31-32H,8-9,11-12,14-16H2,1-7H3/t17-,18+,19-,20+,21-,22-,23+,26+,27-,28+,29+,30+/m1/s1. The van der Waals surface area contributed by atoms with E-state index in [9.17, 15) is 15.0 Å². The van der Waals surface area contributed by atoms with Gasteiger partial charge in [-0.25, -0.2) is 0 Å². The zero-order valence-corrected chi connectivity index (χ0v) is 22.4. The second-order valence-corrected chi connectivity index (χ2v) is 14.9. The molecule has 0 unspecified atom stereocenters. The summed E-state index contributed by atoms with van der Waals surface area (Å²) in [6.07, 6.45) is 10.3. The third kappa shape index (κ3) is 2.25. The zero-order chi connectivity index (χ0) is 24.7. The van der Waals surface area contributed by atoms with Crippen molar-refractivity contribution >= 4 is 5.97 Å². The fourth-order valence-electron chi connectivity index (χ4n) is 11.6. The number of hydrogen-bond acceptors (Lipinski definition) is 4. The van der Waals surface area contributed by atoms with Gasteiger partial charge in [-0.15, -0.1) is 0 Å². The molecule has 1 saturated heterocycles. The summed E-state index contributed by atoms with van der Waals surface area (Å²) in [5, 5.41) is 21.9. The normalized spacial score (nSPS) is 61.6. The van der Waals surface area contributed by atoms with E-state index in [2.05, 4.69) is 60.6 Å². The Labute approximate surface area is 205 Å². The number of ether oxygens (including phenoxy) is 1. The van der Waals surface area contributed by atoms with Crippen LogP contribution in [0.25, 0.3) is 0 Å². The van der Waals surface area contributed by atoms with Crippen LogP contribution in [-0.4, -0.2) is 34.0 Å². The molecule has 5 aliphatic carbocycles. The van der Waals surface area contributed by atoms with Crippen LogP contribution in [0.2, 0.25) is 0 Å². The molecule has 6 rings (SSSR count). The molecule has 0 amide bonds. The highest BCUT2D eigenvalue weighted by Gasteiger charge is 2.80. The van der Waals surface area contributed by atoms with Crippen molar-refractivity contribution in [3.05, 3.63) is 12.2 Å². The zero-order valence-electron chi connectivity index (χ0n) is 22.4. The first-order valence-electron chi connectivity index (χ1n) is 14.0. The second kappa shape index (κ2) is 6.52. The van der Waals surface area contributed by atoms with Crippen LogP contribution in [0.5, 0.6) is 0 Å². The Balaban J connectivity index is 1.52. The van der Waals surface area contributed by atoms with Crippen molar-refractivity contribution in [2.24, 2.45) is 56.7 Å². The summed E-state index contributed by atoms with van der Waals surface area (Å²) in [6, 6.07) is 0. The lowest BCUT2D eigenvalue weighted by atomic mass is 9.32. The number of carbonyl (C=O) groups is 1. The van der Waals surface area contributed by atoms with Gasteiger partial charge in [-0.3, -0.25) is 4.79 Å². The molecular formula is C30H46O4. The van der Waals surface area contributed by atoms with Gasteiger partial charge in [0.1, 0.15) is 5.60 Å². The molecule has 4 nitrogen and oxygen atoms in total. The Morgan fingerprint density at radius 2 is 1.68 bits per heavy atom. The smallest absolute Gasteiger partial charge is 0.313 e. The van der Waals surface area contributed by atoms with Gasteiger partial charge in [-0.1, -0.05) is 54.5 Å². The lowest BCUT2D eigenvalue weighted by molar-refractivity contribution is -0.257. The number of aliphatic hydroxyl groups is 2. The fraction of sp³-hybridized carbons (Fsp3) is 0.900. The van der Waals surface area contributed by atoms with Gasteiger partial charge in [0.15, 0.2) is 0 Å². The maximum atomic E-state index is 13.7. The maximum Gasteiger partial charge on any atom is 0.313 e. The minimum atomic E-state index is -0.696. The summed E-state index contributed by atoms with van der Waals surface area (Å²) in [4.78, 5) is 13.7. The first-order chi connectivity index (χ1) is 15.7. The lowest BCUT2D eigenvalue weighted by Crippen LogP contribution is -2.71. The Morgan fingerprint density at radius 3 is 2.38 bits per heavy atom. The predicted octanol–water partition coefficient (Wildman–Crippen LogP) is 5.51. The van der Waals surface area contributed by atoms with E-state index in [4.69, 9.17) is 4.74 Å². The molecule has 5 fully saturated rings. The van der Waals surface area contributed by atoms with Crippen molar-refractivity contribution in [1.82, 2.24) is 0 Å². The van der Waals surface area contributed by atoms with Gasteiger partial charge in [0.05, 0.1) is 17.6 Å². The van der Waals surface area contributed by atoms with E-state index < -0.39 is 17.8 Å². The van der Waals surface area contributed by atoms with Crippen molar-refractivity contribution in [3.63, 3.8) is 0 Å². The minimum Gasteiger partial charge on any atom is -0.453 e. The Morgan fingerprint density at radius 1 is 0.971 bits per heavy atom. The van der Waals surface area contributed by atoms with Gasteiger partial charge in [0.25, 0.3) is 0 Å². The number of rotatable bonds is 0. The molecule has 0 aromatic heterocycles. The van der Waals surface area contributed by atoms with Gasteiger partial charge in [-0.05, 0) is 90.9 Å². The average Bonchev–Trinajstić information content (AvgIpc) is 2.96. The van der Waals surface area contributed by atoms with Crippen LogP contribution >= 0.6 is 0 Å². The molecule has 1 heterocycles. The van der Waals surface area contributed by atoms with Crippen molar-refractivity contribution in [3.8, 4) is 0 Å².